The average Bonchev–Trinajstić information content (AvgIpc) is 2.92. The van der Waals surface area contributed by atoms with Crippen molar-refractivity contribution < 1.29 is 23.1 Å². The molecular weight excluding hydrogens is 410 g/mol. The molecule has 0 aliphatic carbocycles. The second-order valence-corrected chi connectivity index (χ2v) is 7.64. The molecule has 10 nitrogen and oxygen atoms in total. The molecule has 0 bridgehead atoms. The number of aliphatic hydroxyl groups is 1. The van der Waals surface area contributed by atoms with Crippen molar-refractivity contribution in [2.45, 2.75) is 4.90 Å². The Bertz CT molecular complexity index is 1040. The van der Waals surface area contributed by atoms with E-state index >= 15 is 0 Å². The fraction of sp³-hybridized carbons (Fsp3) is 0.125. The van der Waals surface area contributed by atoms with E-state index in [1.54, 1.807) is 0 Å². The Balaban J connectivity index is 1.71. The number of sulfonamides is 1. The summed E-state index contributed by atoms with van der Waals surface area (Å²) >= 11 is 5.61. The fourth-order valence-electron chi connectivity index (χ4n) is 2.35. The van der Waals surface area contributed by atoms with E-state index in [0.29, 0.717) is 5.69 Å². The Labute approximate surface area is 164 Å². The molecule has 1 aliphatic rings. The second-order valence-electron chi connectivity index (χ2n) is 5.57. The van der Waals surface area contributed by atoms with Gasteiger partial charge in [-0.05, 0) is 36.4 Å². The fourth-order valence-corrected chi connectivity index (χ4v) is 3.45. The highest BCUT2D eigenvalue weighted by Crippen LogP contribution is 2.20. The van der Waals surface area contributed by atoms with Crippen LogP contribution >= 0.6 is 11.6 Å². The minimum absolute atomic E-state index is 0.01000. The van der Waals surface area contributed by atoms with Gasteiger partial charge in [0, 0.05) is 11.8 Å². The maximum absolute atomic E-state index is 12.4. The summed E-state index contributed by atoms with van der Waals surface area (Å²) in [6.07, 6.45) is 1.11. The van der Waals surface area contributed by atoms with Gasteiger partial charge in [-0.25, -0.2) is 8.42 Å². The average molecular weight is 424 g/mol. The number of benzene rings is 1. The third-order valence-corrected chi connectivity index (χ3v) is 5.22. The van der Waals surface area contributed by atoms with E-state index in [1.807, 2.05) is 0 Å². The summed E-state index contributed by atoms with van der Waals surface area (Å²) in [5.41, 5.74) is 0.437. The number of nitrogens with zero attached hydrogens (tertiary/aromatic N) is 3. The van der Waals surface area contributed by atoms with Crippen LogP contribution in [0.2, 0.25) is 5.15 Å². The van der Waals surface area contributed by atoms with Gasteiger partial charge in [0.2, 0.25) is 0 Å². The van der Waals surface area contributed by atoms with Gasteiger partial charge in [-0.2, -0.15) is 0 Å². The maximum Gasteiger partial charge on any atom is 0.277 e. The van der Waals surface area contributed by atoms with E-state index in [2.05, 4.69) is 20.2 Å². The van der Waals surface area contributed by atoms with Gasteiger partial charge < -0.3 is 10.4 Å². The summed E-state index contributed by atoms with van der Waals surface area (Å²) in [4.78, 5) is 24.7. The van der Waals surface area contributed by atoms with Crippen LogP contribution in [-0.4, -0.2) is 53.6 Å². The first-order valence-electron chi connectivity index (χ1n) is 7.88. The van der Waals surface area contributed by atoms with Crippen molar-refractivity contribution in [3.8, 4) is 0 Å². The molecule has 0 atom stereocenters. The number of carbonyl (C=O) groups is 2. The van der Waals surface area contributed by atoms with Crippen LogP contribution in [0.4, 0.5) is 11.5 Å². The molecule has 28 heavy (non-hydrogen) atoms. The minimum atomic E-state index is -3.90. The van der Waals surface area contributed by atoms with Gasteiger partial charge in [0.25, 0.3) is 21.8 Å². The Hall–Kier alpha value is -3.02. The third-order valence-electron chi connectivity index (χ3n) is 3.65. The molecule has 0 spiro atoms. The van der Waals surface area contributed by atoms with E-state index in [-0.39, 0.29) is 34.7 Å². The Morgan fingerprint density at radius 3 is 2.39 bits per heavy atom. The van der Waals surface area contributed by atoms with Gasteiger partial charge in [0.05, 0.1) is 18.0 Å². The van der Waals surface area contributed by atoms with Crippen LogP contribution in [-0.2, 0) is 19.6 Å². The number of halogens is 1. The van der Waals surface area contributed by atoms with Crippen molar-refractivity contribution >= 4 is 44.9 Å². The van der Waals surface area contributed by atoms with Gasteiger partial charge in [0.1, 0.15) is 5.70 Å². The van der Waals surface area contributed by atoms with Gasteiger partial charge in [-0.3, -0.25) is 19.2 Å². The number of aliphatic hydroxyl groups excluding tert-OH is 1. The first-order valence-corrected chi connectivity index (χ1v) is 9.74. The number of rotatable bonds is 7. The lowest BCUT2D eigenvalue weighted by molar-refractivity contribution is -0.137. The van der Waals surface area contributed by atoms with Crippen LogP contribution in [0.5, 0.6) is 0 Å². The number of β-amino-alcohol motifs (C(OH)–C–C–N with tert-alkyl or cyclic N) is 1. The van der Waals surface area contributed by atoms with Gasteiger partial charge >= 0.3 is 0 Å². The van der Waals surface area contributed by atoms with Crippen LogP contribution in [0.25, 0.3) is 0 Å². The molecule has 1 aromatic heterocycles. The lowest BCUT2D eigenvalue weighted by atomic mass is 10.3. The molecule has 0 unspecified atom stereocenters. The van der Waals surface area contributed by atoms with Crippen molar-refractivity contribution in [3.05, 3.63) is 53.3 Å². The molecule has 0 saturated heterocycles. The lowest BCUT2D eigenvalue weighted by Gasteiger charge is -2.13. The number of carbonyl (C=O) groups excluding carboxylic acids is 2. The van der Waals surface area contributed by atoms with Crippen molar-refractivity contribution in [2.24, 2.45) is 0 Å². The number of hydrogen-bond acceptors (Lipinski definition) is 8. The van der Waals surface area contributed by atoms with E-state index < -0.39 is 21.8 Å². The zero-order valence-corrected chi connectivity index (χ0v) is 15.7. The van der Waals surface area contributed by atoms with Crippen LogP contribution in [0.3, 0.4) is 0 Å². The smallest absolute Gasteiger partial charge is 0.277 e. The van der Waals surface area contributed by atoms with Gasteiger partial charge in [0.15, 0.2) is 11.0 Å². The Morgan fingerprint density at radius 2 is 1.79 bits per heavy atom. The largest absolute Gasteiger partial charge is 0.395 e. The summed E-state index contributed by atoms with van der Waals surface area (Å²) in [5.74, 6) is -1.09. The number of imide groups is 1. The van der Waals surface area contributed by atoms with Crippen LogP contribution in [0.15, 0.2) is 53.1 Å². The molecule has 146 valence electrons. The lowest BCUT2D eigenvalue weighted by Crippen LogP contribution is -2.34. The summed E-state index contributed by atoms with van der Waals surface area (Å²) in [6, 6.07) is 8.29. The van der Waals surface area contributed by atoms with Gasteiger partial charge in [-0.15, -0.1) is 10.2 Å². The number of nitrogens with one attached hydrogen (secondary N) is 2. The maximum atomic E-state index is 12.4. The van der Waals surface area contributed by atoms with Crippen LogP contribution in [0, 0.1) is 0 Å². The molecule has 1 aliphatic heterocycles. The highest BCUT2D eigenvalue weighted by Gasteiger charge is 2.30. The zero-order chi connectivity index (χ0) is 20.3. The Kier molecular flexibility index (Phi) is 5.58. The SMILES string of the molecule is O=C1C=C(Nc2ccc(S(=O)(=O)Nc3ccc(Cl)nn3)cc2)C(=O)N1CCO. The number of hydrogen-bond donors (Lipinski definition) is 3. The monoisotopic (exact) mass is 423 g/mol. The molecule has 2 amide bonds. The van der Waals surface area contributed by atoms with E-state index in [1.165, 1.54) is 36.4 Å². The second kappa shape index (κ2) is 7.92. The van der Waals surface area contributed by atoms with E-state index in [0.717, 1.165) is 11.0 Å². The topological polar surface area (TPSA) is 142 Å². The van der Waals surface area contributed by atoms with Crippen LogP contribution in [0.1, 0.15) is 0 Å². The van der Waals surface area contributed by atoms with Crippen molar-refractivity contribution in [1.82, 2.24) is 15.1 Å². The molecule has 1 aromatic carbocycles. The summed E-state index contributed by atoms with van der Waals surface area (Å²) in [7, 11) is -3.90. The summed E-state index contributed by atoms with van der Waals surface area (Å²) in [6.45, 7) is -0.439. The molecular formula is C16H14ClN5O5S. The molecule has 0 radical (unpaired) electrons. The molecule has 0 fully saturated rings. The standard InChI is InChI=1S/C16H14ClN5O5S/c17-13-5-6-14(20-19-13)21-28(26,27)11-3-1-10(2-4-11)18-12-9-15(24)22(7-8-23)16(12)25/h1-6,9,18,23H,7-8H2,(H,20,21). The third kappa shape index (κ3) is 4.27. The van der Waals surface area contributed by atoms with Crippen molar-refractivity contribution in [2.75, 3.05) is 23.2 Å². The van der Waals surface area contributed by atoms with Gasteiger partial charge in [-0.1, -0.05) is 11.6 Å². The van der Waals surface area contributed by atoms with Crippen molar-refractivity contribution in [1.29, 1.82) is 0 Å². The van der Waals surface area contributed by atoms with E-state index in [4.69, 9.17) is 16.7 Å². The quantitative estimate of drug-likeness (QED) is 0.549. The summed E-state index contributed by atoms with van der Waals surface area (Å²) in [5, 5.41) is 19.0. The molecule has 2 aromatic rings. The summed E-state index contributed by atoms with van der Waals surface area (Å²) < 4.78 is 27.0. The molecule has 3 N–H and O–H groups in total. The van der Waals surface area contributed by atoms with Crippen LogP contribution < -0.4 is 10.0 Å². The minimum Gasteiger partial charge on any atom is -0.395 e. The number of anilines is 2. The highest BCUT2D eigenvalue weighted by molar-refractivity contribution is 7.92. The normalized spacial score (nSPS) is 14.2. The highest BCUT2D eigenvalue weighted by atomic mass is 35.5. The molecule has 2 heterocycles. The molecule has 12 heteroatoms. The molecule has 0 saturated carbocycles. The zero-order valence-electron chi connectivity index (χ0n) is 14.2. The molecule has 3 rings (SSSR count). The Morgan fingerprint density at radius 1 is 1.07 bits per heavy atom. The van der Waals surface area contributed by atoms with Crippen molar-refractivity contribution in [3.63, 3.8) is 0 Å². The van der Waals surface area contributed by atoms with E-state index in [9.17, 15) is 18.0 Å². The predicted molar refractivity (Wildman–Crippen MR) is 99.8 cm³/mol. The predicted octanol–water partition coefficient (Wildman–Crippen LogP) is 0.588. The number of amides is 2. The first-order chi connectivity index (χ1) is 13.3. The first kappa shape index (κ1) is 19.7. The number of aromatic nitrogens is 2.